The van der Waals surface area contributed by atoms with Crippen molar-refractivity contribution in [2.45, 2.75) is 20.8 Å². The van der Waals surface area contributed by atoms with Crippen molar-refractivity contribution in [3.8, 4) is 11.4 Å². The number of anilines is 1. The fourth-order valence-electron chi connectivity index (χ4n) is 4.33. The van der Waals surface area contributed by atoms with Crippen LogP contribution in [0.5, 0.6) is 5.75 Å². The number of amides is 1. The van der Waals surface area contributed by atoms with E-state index in [1.165, 1.54) is 18.1 Å². The normalized spacial score (nSPS) is 14.8. The molecule has 0 N–H and O–H groups in total. The summed E-state index contributed by atoms with van der Waals surface area (Å²) in [5.74, 6) is -0.730. The van der Waals surface area contributed by atoms with Gasteiger partial charge in [0.1, 0.15) is 11.6 Å². The van der Waals surface area contributed by atoms with E-state index in [4.69, 9.17) is 9.47 Å². The Balaban J connectivity index is 1.86. The molecule has 3 aromatic rings. The van der Waals surface area contributed by atoms with Gasteiger partial charge >= 0.3 is 5.97 Å². The topological polar surface area (TPSA) is 60.8 Å². The van der Waals surface area contributed by atoms with Crippen LogP contribution in [0.15, 0.2) is 71.4 Å². The Bertz CT molecular complexity index is 1370. The lowest BCUT2D eigenvalue weighted by molar-refractivity contribution is -0.136. The van der Waals surface area contributed by atoms with E-state index in [1.54, 1.807) is 67.1 Å². The Labute approximate surface area is 197 Å². The summed E-state index contributed by atoms with van der Waals surface area (Å²) in [6.07, 6.45) is 1.66. The molecule has 7 heteroatoms. The number of allylic oxidation sites excluding steroid dienone is 1. The van der Waals surface area contributed by atoms with Crippen LogP contribution in [-0.4, -0.2) is 30.7 Å². The molecular formula is C27H25FN2O4. The highest BCUT2D eigenvalue weighted by Crippen LogP contribution is 2.37. The maximum absolute atomic E-state index is 14.5. The number of para-hydroxylation sites is 1. The maximum atomic E-state index is 14.5. The van der Waals surface area contributed by atoms with Gasteiger partial charge in [-0.1, -0.05) is 18.2 Å². The average molecular weight is 461 g/mol. The summed E-state index contributed by atoms with van der Waals surface area (Å²) in [5.41, 5.74) is 4.08. The lowest BCUT2D eigenvalue weighted by atomic mass is 10.0. The van der Waals surface area contributed by atoms with E-state index in [2.05, 4.69) is 0 Å². The van der Waals surface area contributed by atoms with Gasteiger partial charge in [-0.2, -0.15) is 0 Å². The van der Waals surface area contributed by atoms with Gasteiger partial charge in [0.05, 0.1) is 36.7 Å². The standard InChI is InChI=1S/C27H25FN2O4/c1-16-13-19(17(2)29(16)24-12-7-6-11-23(24)28)14-22-25(27(32)34-5)18(3)30(26(22)31)20-9-8-10-21(15-20)33-4/h6-15H,1-5H3/b22-14-. The van der Waals surface area contributed by atoms with Crippen molar-refractivity contribution in [1.29, 1.82) is 0 Å². The van der Waals surface area contributed by atoms with Crippen LogP contribution >= 0.6 is 0 Å². The Morgan fingerprint density at radius 2 is 1.74 bits per heavy atom. The summed E-state index contributed by atoms with van der Waals surface area (Å²) in [7, 11) is 2.83. The molecule has 0 saturated heterocycles. The van der Waals surface area contributed by atoms with Gasteiger partial charge in [-0.15, -0.1) is 0 Å². The molecule has 0 aliphatic carbocycles. The molecule has 1 amide bonds. The van der Waals surface area contributed by atoms with Crippen LogP contribution in [0.1, 0.15) is 23.9 Å². The van der Waals surface area contributed by atoms with Gasteiger partial charge in [-0.25, -0.2) is 9.18 Å². The highest BCUT2D eigenvalue weighted by atomic mass is 19.1. The van der Waals surface area contributed by atoms with Crippen molar-refractivity contribution in [1.82, 2.24) is 4.57 Å². The number of methoxy groups -OCH3 is 2. The zero-order chi connectivity index (χ0) is 24.6. The van der Waals surface area contributed by atoms with Crippen LogP contribution in [0.2, 0.25) is 0 Å². The summed E-state index contributed by atoms with van der Waals surface area (Å²) in [4.78, 5) is 27.8. The number of ether oxygens (including phenoxy) is 2. The summed E-state index contributed by atoms with van der Waals surface area (Å²) >= 11 is 0. The SMILES string of the molecule is COC(=O)C1=C(C)N(c2cccc(OC)c2)C(=O)/C1=C\c1cc(C)n(-c2ccccc2F)c1C. The second-order valence-electron chi connectivity index (χ2n) is 7.97. The molecule has 0 atom stereocenters. The van der Waals surface area contributed by atoms with Gasteiger partial charge in [-0.3, -0.25) is 9.69 Å². The summed E-state index contributed by atoms with van der Waals surface area (Å²) < 4.78 is 26.6. The maximum Gasteiger partial charge on any atom is 0.340 e. The van der Waals surface area contributed by atoms with Gasteiger partial charge in [0.15, 0.2) is 0 Å². The third-order valence-electron chi connectivity index (χ3n) is 5.96. The molecule has 2 aromatic carbocycles. The van der Waals surface area contributed by atoms with E-state index in [0.717, 1.165) is 11.4 Å². The molecule has 0 bridgehead atoms. The number of nitrogens with zero attached hydrogens (tertiary/aromatic N) is 2. The monoisotopic (exact) mass is 460 g/mol. The average Bonchev–Trinajstić information content (AvgIpc) is 3.25. The number of esters is 1. The molecule has 4 rings (SSSR count). The van der Waals surface area contributed by atoms with Gasteiger partial charge < -0.3 is 14.0 Å². The van der Waals surface area contributed by atoms with Gasteiger partial charge in [0, 0.05) is 23.2 Å². The van der Waals surface area contributed by atoms with Gasteiger partial charge in [0.2, 0.25) is 0 Å². The van der Waals surface area contributed by atoms with Gasteiger partial charge in [0.25, 0.3) is 5.91 Å². The first-order valence-electron chi connectivity index (χ1n) is 10.7. The molecule has 0 saturated carbocycles. The second kappa shape index (κ2) is 9.02. The minimum Gasteiger partial charge on any atom is -0.497 e. The third kappa shape index (κ3) is 3.79. The molecule has 1 aromatic heterocycles. The fourth-order valence-corrected chi connectivity index (χ4v) is 4.33. The number of carbonyl (C=O) groups excluding carboxylic acids is 2. The molecule has 1 aliphatic heterocycles. The van der Waals surface area contributed by atoms with Crippen LogP contribution in [-0.2, 0) is 14.3 Å². The number of hydrogen-bond donors (Lipinski definition) is 0. The Morgan fingerprint density at radius 1 is 1.00 bits per heavy atom. The van der Waals surface area contributed by atoms with E-state index < -0.39 is 5.97 Å². The van der Waals surface area contributed by atoms with E-state index >= 15 is 0 Å². The summed E-state index contributed by atoms with van der Waals surface area (Å²) in [5, 5.41) is 0. The molecule has 0 fully saturated rings. The molecular weight excluding hydrogens is 435 g/mol. The lowest BCUT2D eigenvalue weighted by Gasteiger charge is -2.18. The number of rotatable bonds is 5. The first-order valence-corrected chi connectivity index (χ1v) is 10.7. The van der Waals surface area contributed by atoms with Crippen molar-refractivity contribution >= 4 is 23.6 Å². The van der Waals surface area contributed by atoms with E-state index in [0.29, 0.717) is 28.4 Å². The number of aryl methyl sites for hydroxylation is 1. The molecule has 0 unspecified atom stereocenters. The van der Waals surface area contributed by atoms with Crippen molar-refractivity contribution in [2.24, 2.45) is 0 Å². The smallest absolute Gasteiger partial charge is 0.340 e. The van der Waals surface area contributed by atoms with Gasteiger partial charge in [-0.05, 0) is 62.7 Å². The Hall–Kier alpha value is -4.13. The predicted octanol–water partition coefficient (Wildman–Crippen LogP) is 5.12. The minimum absolute atomic E-state index is 0.186. The quantitative estimate of drug-likeness (QED) is 0.392. The van der Waals surface area contributed by atoms with Crippen molar-refractivity contribution in [3.63, 3.8) is 0 Å². The molecule has 1 aliphatic rings. The minimum atomic E-state index is -0.606. The molecule has 2 heterocycles. The van der Waals surface area contributed by atoms with Crippen LogP contribution in [0.3, 0.4) is 0 Å². The van der Waals surface area contributed by atoms with E-state index in [-0.39, 0.29) is 22.9 Å². The molecule has 0 radical (unpaired) electrons. The summed E-state index contributed by atoms with van der Waals surface area (Å²) in [6, 6.07) is 15.4. The van der Waals surface area contributed by atoms with E-state index in [1.807, 2.05) is 19.9 Å². The first-order chi connectivity index (χ1) is 16.3. The third-order valence-corrected chi connectivity index (χ3v) is 5.96. The number of hydrogen-bond acceptors (Lipinski definition) is 4. The Morgan fingerprint density at radius 3 is 2.41 bits per heavy atom. The highest BCUT2D eigenvalue weighted by molar-refractivity contribution is 6.23. The lowest BCUT2D eigenvalue weighted by Crippen LogP contribution is -2.24. The number of benzene rings is 2. The Kier molecular flexibility index (Phi) is 6.11. The zero-order valence-corrected chi connectivity index (χ0v) is 19.7. The largest absolute Gasteiger partial charge is 0.497 e. The molecule has 0 spiro atoms. The summed E-state index contributed by atoms with van der Waals surface area (Å²) in [6.45, 7) is 5.41. The molecule has 6 nitrogen and oxygen atoms in total. The fraction of sp³-hybridized carbons (Fsp3) is 0.185. The van der Waals surface area contributed by atoms with Crippen LogP contribution in [0, 0.1) is 19.7 Å². The number of halogens is 1. The first kappa shape index (κ1) is 23.0. The number of aromatic nitrogens is 1. The zero-order valence-electron chi connectivity index (χ0n) is 19.7. The van der Waals surface area contributed by atoms with Crippen LogP contribution < -0.4 is 9.64 Å². The molecule has 174 valence electrons. The van der Waals surface area contributed by atoms with Crippen molar-refractivity contribution in [2.75, 3.05) is 19.1 Å². The molecule has 34 heavy (non-hydrogen) atoms. The van der Waals surface area contributed by atoms with Crippen molar-refractivity contribution < 1.29 is 23.5 Å². The van der Waals surface area contributed by atoms with E-state index in [9.17, 15) is 14.0 Å². The highest BCUT2D eigenvalue weighted by Gasteiger charge is 2.38. The van der Waals surface area contributed by atoms with Crippen LogP contribution in [0.4, 0.5) is 10.1 Å². The predicted molar refractivity (Wildman–Crippen MR) is 128 cm³/mol. The number of carbonyl (C=O) groups is 2. The van der Waals surface area contributed by atoms with Crippen molar-refractivity contribution in [3.05, 3.63) is 94.2 Å². The van der Waals surface area contributed by atoms with Crippen LogP contribution in [0.25, 0.3) is 11.8 Å². The second-order valence-corrected chi connectivity index (χ2v) is 7.97.